The molecule has 5 aliphatic rings. The number of halogens is 2. The molecule has 2 aliphatic carbocycles. The molecule has 1 aromatic rings. The summed E-state index contributed by atoms with van der Waals surface area (Å²) >= 11 is 0. The highest BCUT2D eigenvalue weighted by atomic mass is 19.1. The molecule has 3 aliphatic heterocycles. The maximum Gasteiger partial charge on any atom is 0.333 e. The van der Waals surface area contributed by atoms with Crippen molar-refractivity contribution >= 4 is 23.0 Å². The van der Waals surface area contributed by atoms with Gasteiger partial charge in [-0.05, 0) is 50.4 Å². The van der Waals surface area contributed by atoms with Crippen molar-refractivity contribution in [2.75, 3.05) is 28.6 Å². The van der Waals surface area contributed by atoms with E-state index in [1.165, 1.54) is 6.20 Å². The van der Waals surface area contributed by atoms with E-state index in [9.17, 15) is 9.90 Å². The number of carboxylic acids is 1. The molecule has 150 valence electrons. The van der Waals surface area contributed by atoms with E-state index in [0.29, 0.717) is 24.9 Å². The summed E-state index contributed by atoms with van der Waals surface area (Å²) in [6.07, 6.45) is 7.64. The van der Waals surface area contributed by atoms with E-state index in [1.807, 2.05) is 4.90 Å². The summed E-state index contributed by atoms with van der Waals surface area (Å²) in [6.45, 7) is 1.31. The van der Waals surface area contributed by atoms with Crippen molar-refractivity contribution < 1.29 is 18.7 Å². The van der Waals surface area contributed by atoms with Gasteiger partial charge in [-0.15, -0.1) is 0 Å². The van der Waals surface area contributed by atoms with Gasteiger partial charge in [0, 0.05) is 37.3 Å². The molecule has 0 atom stereocenters. The Hall–Kier alpha value is -2.31. The van der Waals surface area contributed by atoms with E-state index in [1.54, 1.807) is 4.90 Å². The molecule has 3 heterocycles. The van der Waals surface area contributed by atoms with Gasteiger partial charge >= 0.3 is 5.97 Å². The Labute approximate surface area is 162 Å². The highest BCUT2D eigenvalue weighted by molar-refractivity contribution is 5.91. The summed E-state index contributed by atoms with van der Waals surface area (Å²) in [6, 6.07) is 0.0564. The quantitative estimate of drug-likeness (QED) is 0.772. The largest absolute Gasteiger partial charge is 0.478 e. The molecule has 2 bridgehead atoms. The van der Waals surface area contributed by atoms with Crippen LogP contribution in [0.4, 0.5) is 25.8 Å². The molecule has 5 nitrogen and oxygen atoms in total. The first-order valence-electron chi connectivity index (χ1n) is 10.2. The molecule has 0 amide bonds. The van der Waals surface area contributed by atoms with Crippen molar-refractivity contribution in [2.45, 2.75) is 51.0 Å². The molecule has 0 radical (unpaired) electrons. The summed E-state index contributed by atoms with van der Waals surface area (Å²) < 4.78 is 31.1. The lowest BCUT2D eigenvalue weighted by Gasteiger charge is -2.34. The second-order valence-electron chi connectivity index (χ2n) is 8.78. The first-order chi connectivity index (χ1) is 13.4. The summed E-state index contributed by atoms with van der Waals surface area (Å²) in [7, 11) is 0. The van der Waals surface area contributed by atoms with Crippen LogP contribution in [0.25, 0.3) is 0 Å². The zero-order valence-corrected chi connectivity index (χ0v) is 15.8. The number of fused-ring (bicyclic) bond motifs is 5. The number of anilines is 3. The standard InChI is InChI=1S/C21H25F2N3O2/c22-16-18(24)15-7-13(21(27)28)10-26(14-5-6-14)19(15)17(23)20(16)25-8-11-1-2-12(9-25)4-3-11/h10-12,14H,1-9,24H2,(H,27,28). The molecule has 3 N–H and O–H groups in total. The lowest BCUT2D eigenvalue weighted by molar-refractivity contribution is -0.132. The Balaban J connectivity index is 1.64. The van der Waals surface area contributed by atoms with Crippen molar-refractivity contribution in [3.05, 3.63) is 29.0 Å². The zero-order valence-electron chi connectivity index (χ0n) is 15.8. The van der Waals surface area contributed by atoms with E-state index >= 15 is 8.78 Å². The van der Waals surface area contributed by atoms with Gasteiger partial charge in [0.25, 0.3) is 0 Å². The molecule has 1 aromatic carbocycles. The average Bonchev–Trinajstić information content (AvgIpc) is 3.53. The smallest absolute Gasteiger partial charge is 0.333 e. The van der Waals surface area contributed by atoms with Crippen LogP contribution in [0.3, 0.4) is 0 Å². The van der Waals surface area contributed by atoms with Crippen LogP contribution >= 0.6 is 0 Å². The molecule has 7 heteroatoms. The summed E-state index contributed by atoms with van der Waals surface area (Å²) in [5.41, 5.74) is 6.66. The normalized spacial score (nSPS) is 26.7. The summed E-state index contributed by atoms with van der Waals surface area (Å²) in [5, 5.41) is 9.44. The van der Waals surface area contributed by atoms with Gasteiger partial charge in [0.15, 0.2) is 11.6 Å². The summed E-state index contributed by atoms with van der Waals surface area (Å²) in [5.74, 6) is -1.47. The van der Waals surface area contributed by atoms with Crippen LogP contribution in [0, 0.1) is 23.5 Å². The number of hydrogen-bond donors (Lipinski definition) is 2. The molecule has 4 fully saturated rings. The lowest BCUT2D eigenvalue weighted by Crippen LogP contribution is -2.33. The van der Waals surface area contributed by atoms with Gasteiger partial charge in [0.1, 0.15) is 5.69 Å². The molecular formula is C21H25F2N3O2. The van der Waals surface area contributed by atoms with Crippen LogP contribution in [0.15, 0.2) is 11.8 Å². The SMILES string of the molecule is Nc1c(F)c(N2CC3CCC(CC3)C2)c(F)c2c1CC(C(=O)O)=CN2C1CC1. The number of nitrogen functional groups attached to an aromatic ring is 1. The highest BCUT2D eigenvalue weighted by Crippen LogP contribution is 2.47. The third-order valence-corrected chi connectivity index (χ3v) is 6.85. The van der Waals surface area contributed by atoms with Crippen molar-refractivity contribution in [1.82, 2.24) is 0 Å². The van der Waals surface area contributed by atoms with Gasteiger partial charge in [-0.3, -0.25) is 0 Å². The van der Waals surface area contributed by atoms with E-state index in [2.05, 4.69) is 0 Å². The van der Waals surface area contributed by atoms with Crippen LogP contribution in [0.2, 0.25) is 0 Å². The number of rotatable bonds is 3. The first-order valence-corrected chi connectivity index (χ1v) is 10.2. The number of nitrogens with zero attached hydrogens (tertiary/aromatic N) is 2. The van der Waals surface area contributed by atoms with E-state index in [4.69, 9.17) is 5.73 Å². The minimum absolute atomic E-state index is 0.0205. The van der Waals surface area contributed by atoms with E-state index in [0.717, 1.165) is 38.5 Å². The van der Waals surface area contributed by atoms with E-state index < -0.39 is 17.6 Å². The zero-order chi connectivity index (χ0) is 19.6. The highest BCUT2D eigenvalue weighted by Gasteiger charge is 2.40. The van der Waals surface area contributed by atoms with Gasteiger partial charge < -0.3 is 20.6 Å². The molecule has 2 saturated heterocycles. The molecule has 28 heavy (non-hydrogen) atoms. The fraction of sp³-hybridized carbons (Fsp3) is 0.571. The minimum Gasteiger partial charge on any atom is -0.478 e. The molecular weight excluding hydrogens is 364 g/mol. The topological polar surface area (TPSA) is 69.8 Å². The number of nitrogens with two attached hydrogens (primary N) is 1. The van der Waals surface area contributed by atoms with Gasteiger partial charge in [-0.1, -0.05) is 0 Å². The van der Waals surface area contributed by atoms with Crippen LogP contribution in [0.5, 0.6) is 0 Å². The summed E-state index contributed by atoms with van der Waals surface area (Å²) in [4.78, 5) is 15.1. The third kappa shape index (κ3) is 2.74. The molecule has 6 rings (SSSR count). The molecule has 0 spiro atoms. The molecule has 2 saturated carbocycles. The predicted octanol–water partition coefficient (Wildman–Crippen LogP) is 3.67. The predicted molar refractivity (Wildman–Crippen MR) is 103 cm³/mol. The maximum absolute atomic E-state index is 15.8. The van der Waals surface area contributed by atoms with Crippen molar-refractivity contribution in [1.29, 1.82) is 0 Å². The fourth-order valence-corrected chi connectivity index (χ4v) is 5.17. The molecule has 0 unspecified atom stereocenters. The Morgan fingerprint density at radius 1 is 1.00 bits per heavy atom. The third-order valence-electron chi connectivity index (χ3n) is 6.85. The van der Waals surface area contributed by atoms with Crippen LogP contribution < -0.4 is 15.5 Å². The van der Waals surface area contributed by atoms with Crippen molar-refractivity contribution in [3.63, 3.8) is 0 Å². The van der Waals surface area contributed by atoms with Crippen LogP contribution in [0.1, 0.15) is 44.1 Å². The first kappa shape index (κ1) is 17.8. The lowest BCUT2D eigenvalue weighted by atomic mass is 9.84. The number of aliphatic carboxylic acids is 1. The fourth-order valence-electron chi connectivity index (χ4n) is 5.17. The number of hydrogen-bond acceptors (Lipinski definition) is 4. The monoisotopic (exact) mass is 389 g/mol. The minimum atomic E-state index is -1.08. The van der Waals surface area contributed by atoms with Gasteiger partial charge in [0.2, 0.25) is 0 Å². The van der Waals surface area contributed by atoms with Gasteiger partial charge in [0.05, 0.1) is 16.9 Å². The second-order valence-corrected chi connectivity index (χ2v) is 8.78. The number of carboxylic acid groups (broad SMARTS) is 1. The Bertz CT molecular complexity index is 859. The number of carbonyl (C=O) groups is 1. The Kier molecular flexibility index (Phi) is 4.03. The van der Waals surface area contributed by atoms with Crippen LogP contribution in [-0.2, 0) is 11.2 Å². The van der Waals surface area contributed by atoms with Crippen molar-refractivity contribution in [3.8, 4) is 0 Å². The number of benzene rings is 1. The molecule has 0 aromatic heterocycles. The maximum atomic E-state index is 15.8. The van der Waals surface area contributed by atoms with E-state index in [-0.39, 0.29) is 40.7 Å². The van der Waals surface area contributed by atoms with Gasteiger partial charge in [-0.25, -0.2) is 13.6 Å². The second kappa shape index (κ2) is 6.36. The van der Waals surface area contributed by atoms with Crippen LogP contribution in [-0.4, -0.2) is 30.2 Å². The Morgan fingerprint density at radius 3 is 2.14 bits per heavy atom. The van der Waals surface area contributed by atoms with Gasteiger partial charge in [-0.2, -0.15) is 0 Å². The van der Waals surface area contributed by atoms with Crippen molar-refractivity contribution in [2.24, 2.45) is 11.8 Å². The Morgan fingerprint density at radius 2 is 1.61 bits per heavy atom. The average molecular weight is 389 g/mol.